The first kappa shape index (κ1) is 13.7. The molecule has 0 fully saturated rings. The average molecular weight is 291 g/mol. The maximum atomic E-state index is 12.2. The third kappa shape index (κ3) is 3.42. The molecular weight excluding hydrogens is 276 g/mol. The van der Waals surface area contributed by atoms with E-state index in [4.69, 9.17) is 4.74 Å². The molecule has 0 saturated heterocycles. The Bertz CT molecular complexity index is 631. The Morgan fingerprint density at radius 2 is 2.10 bits per heavy atom. The fourth-order valence-corrected chi connectivity index (χ4v) is 2.34. The predicted molar refractivity (Wildman–Crippen MR) is 76.0 cm³/mol. The summed E-state index contributed by atoms with van der Waals surface area (Å²) in [5.41, 5.74) is 3.08. The molecule has 0 bridgehead atoms. The van der Waals surface area contributed by atoms with Crippen LogP contribution in [-0.2, 0) is 13.0 Å². The Hall–Kier alpha value is -2.30. The molecular formula is C16H15F2NO2. The Labute approximate surface area is 121 Å². The van der Waals surface area contributed by atoms with Gasteiger partial charge in [0.1, 0.15) is 11.5 Å². The first-order valence-electron chi connectivity index (χ1n) is 6.74. The van der Waals surface area contributed by atoms with Crippen LogP contribution in [0.4, 0.5) is 14.5 Å². The molecule has 2 aromatic carbocycles. The number of hydrogen-bond acceptors (Lipinski definition) is 3. The molecule has 1 N–H and O–H groups in total. The minimum absolute atomic E-state index is 0.150. The molecule has 110 valence electrons. The molecule has 0 aromatic heterocycles. The van der Waals surface area contributed by atoms with E-state index in [1.807, 2.05) is 18.2 Å². The smallest absolute Gasteiger partial charge is 0.387 e. The highest BCUT2D eigenvalue weighted by Crippen LogP contribution is 2.26. The third-order valence-corrected chi connectivity index (χ3v) is 3.31. The normalized spacial score (nSPS) is 12.9. The lowest BCUT2D eigenvalue weighted by molar-refractivity contribution is -0.0498. The second-order valence-corrected chi connectivity index (χ2v) is 4.80. The van der Waals surface area contributed by atoms with Gasteiger partial charge in [0.05, 0.1) is 6.61 Å². The van der Waals surface area contributed by atoms with Crippen LogP contribution in [0.3, 0.4) is 0 Å². The number of ether oxygens (including phenoxy) is 2. The van der Waals surface area contributed by atoms with Gasteiger partial charge in [-0.25, -0.2) is 0 Å². The summed E-state index contributed by atoms with van der Waals surface area (Å²) in [5, 5.41) is 3.20. The van der Waals surface area contributed by atoms with Crippen molar-refractivity contribution in [1.82, 2.24) is 0 Å². The summed E-state index contributed by atoms with van der Waals surface area (Å²) < 4.78 is 34.2. The summed E-state index contributed by atoms with van der Waals surface area (Å²) in [7, 11) is 0. The molecule has 5 heteroatoms. The van der Waals surface area contributed by atoms with Gasteiger partial charge in [0.15, 0.2) is 0 Å². The summed E-state index contributed by atoms with van der Waals surface area (Å²) in [6.45, 7) is -1.46. The van der Waals surface area contributed by atoms with Crippen molar-refractivity contribution in [2.75, 3.05) is 11.9 Å². The van der Waals surface area contributed by atoms with Crippen LogP contribution >= 0.6 is 0 Å². The number of halogens is 2. The van der Waals surface area contributed by atoms with Crippen LogP contribution in [0.15, 0.2) is 42.5 Å². The fourth-order valence-electron chi connectivity index (χ4n) is 2.34. The van der Waals surface area contributed by atoms with Gasteiger partial charge in [-0.3, -0.25) is 0 Å². The van der Waals surface area contributed by atoms with E-state index in [-0.39, 0.29) is 5.75 Å². The van der Waals surface area contributed by atoms with Crippen molar-refractivity contribution >= 4 is 5.69 Å². The second kappa shape index (κ2) is 5.99. The highest BCUT2D eigenvalue weighted by atomic mass is 19.3. The quantitative estimate of drug-likeness (QED) is 0.908. The van der Waals surface area contributed by atoms with E-state index in [9.17, 15) is 8.78 Å². The summed E-state index contributed by atoms with van der Waals surface area (Å²) >= 11 is 0. The lowest BCUT2D eigenvalue weighted by Crippen LogP contribution is -2.03. The molecule has 3 nitrogen and oxygen atoms in total. The number of fused-ring (bicyclic) bond motifs is 1. The van der Waals surface area contributed by atoms with Crippen LogP contribution in [0.25, 0.3) is 0 Å². The zero-order valence-electron chi connectivity index (χ0n) is 11.3. The Kier molecular flexibility index (Phi) is 3.90. The van der Waals surface area contributed by atoms with Gasteiger partial charge in [-0.15, -0.1) is 0 Å². The molecule has 0 atom stereocenters. The van der Waals surface area contributed by atoms with Crippen LogP contribution in [0.5, 0.6) is 11.5 Å². The van der Waals surface area contributed by atoms with E-state index >= 15 is 0 Å². The van der Waals surface area contributed by atoms with Crippen LogP contribution in [-0.4, -0.2) is 13.2 Å². The molecule has 0 unspecified atom stereocenters. The molecule has 2 aromatic rings. The van der Waals surface area contributed by atoms with E-state index in [2.05, 4.69) is 16.1 Å². The lowest BCUT2D eigenvalue weighted by atomic mass is 10.1. The van der Waals surface area contributed by atoms with E-state index < -0.39 is 6.61 Å². The van der Waals surface area contributed by atoms with Crippen LogP contribution in [0.1, 0.15) is 11.1 Å². The summed E-state index contributed by atoms with van der Waals surface area (Å²) in [6, 6.07) is 12.6. The molecule has 1 heterocycles. The highest BCUT2D eigenvalue weighted by Gasteiger charge is 2.11. The second-order valence-electron chi connectivity index (χ2n) is 4.80. The van der Waals surface area contributed by atoms with Gasteiger partial charge in [-0.05, 0) is 29.3 Å². The van der Waals surface area contributed by atoms with Gasteiger partial charge in [0.2, 0.25) is 0 Å². The number of hydrogen-bond donors (Lipinski definition) is 1. The summed E-state index contributed by atoms with van der Waals surface area (Å²) in [5.74, 6) is 1.10. The van der Waals surface area contributed by atoms with E-state index in [1.165, 1.54) is 11.6 Å². The Morgan fingerprint density at radius 1 is 1.19 bits per heavy atom. The molecule has 0 radical (unpaired) electrons. The van der Waals surface area contributed by atoms with Gasteiger partial charge in [0, 0.05) is 24.7 Å². The van der Waals surface area contributed by atoms with E-state index in [0.717, 1.165) is 30.0 Å². The topological polar surface area (TPSA) is 30.5 Å². The van der Waals surface area contributed by atoms with E-state index in [1.54, 1.807) is 12.1 Å². The van der Waals surface area contributed by atoms with Crippen molar-refractivity contribution in [1.29, 1.82) is 0 Å². The molecule has 3 rings (SSSR count). The number of rotatable bonds is 5. The van der Waals surface area contributed by atoms with Crippen molar-refractivity contribution in [3.63, 3.8) is 0 Å². The fraction of sp³-hybridized carbons (Fsp3) is 0.250. The molecule has 0 amide bonds. The van der Waals surface area contributed by atoms with Gasteiger partial charge in [-0.1, -0.05) is 18.2 Å². The zero-order chi connectivity index (χ0) is 14.7. The molecule has 1 aliphatic rings. The molecule has 0 aliphatic carbocycles. The van der Waals surface area contributed by atoms with Gasteiger partial charge < -0.3 is 14.8 Å². The highest BCUT2D eigenvalue weighted by molar-refractivity contribution is 5.49. The lowest BCUT2D eigenvalue weighted by Gasteiger charge is -2.10. The summed E-state index contributed by atoms with van der Waals surface area (Å²) in [6.07, 6.45) is 0.931. The number of benzene rings is 2. The third-order valence-electron chi connectivity index (χ3n) is 3.31. The van der Waals surface area contributed by atoms with Crippen molar-refractivity contribution in [2.45, 2.75) is 19.6 Å². The van der Waals surface area contributed by atoms with Gasteiger partial charge in [-0.2, -0.15) is 8.78 Å². The maximum absolute atomic E-state index is 12.2. The largest absolute Gasteiger partial charge is 0.493 e. The monoisotopic (exact) mass is 291 g/mol. The predicted octanol–water partition coefficient (Wildman–Crippen LogP) is 3.84. The zero-order valence-corrected chi connectivity index (χ0v) is 11.3. The maximum Gasteiger partial charge on any atom is 0.387 e. The van der Waals surface area contributed by atoms with Gasteiger partial charge in [0.25, 0.3) is 0 Å². The van der Waals surface area contributed by atoms with Crippen LogP contribution in [0.2, 0.25) is 0 Å². The van der Waals surface area contributed by atoms with E-state index in [0.29, 0.717) is 6.54 Å². The molecule has 0 saturated carbocycles. The number of alkyl halides is 2. The first-order chi connectivity index (χ1) is 10.2. The minimum Gasteiger partial charge on any atom is -0.493 e. The Balaban J connectivity index is 1.64. The molecule has 1 aliphatic heterocycles. The molecule has 21 heavy (non-hydrogen) atoms. The first-order valence-corrected chi connectivity index (χ1v) is 6.74. The minimum atomic E-state index is -2.81. The standard InChI is InChI=1S/C16H15F2NO2/c17-16(18)21-14-3-1-2-13(9-14)19-10-11-4-5-15-12(8-11)6-7-20-15/h1-5,8-9,16,19H,6-7,10H2. The van der Waals surface area contributed by atoms with Crippen molar-refractivity contribution in [2.24, 2.45) is 0 Å². The number of anilines is 1. The van der Waals surface area contributed by atoms with Crippen LogP contribution in [0, 0.1) is 0 Å². The molecule has 0 spiro atoms. The SMILES string of the molecule is FC(F)Oc1cccc(NCc2ccc3c(c2)CCO3)c1. The van der Waals surface area contributed by atoms with Crippen molar-refractivity contribution in [3.8, 4) is 11.5 Å². The Morgan fingerprint density at radius 3 is 2.95 bits per heavy atom. The number of nitrogens with one attached hydrogen (secondary N) is 1. The van der Waals surface area contributed by atoms with Crippen molar-refractivity contribution in [3.05, 3.63) is 53.6 Å². The van der Waals surface area contributed by atoms with Crippen molar-refractivity contribution < 1.29 is 18.3 Å². The summed E-state index contributed by atoms with van der Waals surface area (Å²) in [4.78, 5) is 0. The average Bonchev–Trinajstić information content (AvgIpc) is 2.92. The van der Waals surface area contributed by atoms with Gasteiger partial charge >= 0.3 is 6.61 Å². The van der Waals surface area contributed by atoms with Crippen LogP contribution < -0.4 is 14.8 Å².